The lowest BCUT2D eigenvalue weighted by Gasteiger charge is -2.23. The third-order valence-corrected chi connectivity index (χ3v) is 2.58. The van der Waals surface area contributed by atoms with Crippen LogP contribution in [-0.2, 0) is 4.79 Å². The zero-order valence-corrected chi connectivity index (χ0v) is 11.4. The summed E-state index contributed by atoms with van der Waals surface area (Å²) in [6.45, 7) is 2.40. The average molecular weight is 267 g/mol. The second kappa shape index (κ2) is 6.82. The standard InChI is InChI=1S/C13H18FN3O2/c1-4-7-17(9-12(18)16(2)3)13(19)10-5-6-11(14)15-8-10/h5-6,8H,4,7,9H2,1-3H3. The fourth-order valence-electron chi connectivity index (χ4n) is 1.51. The molecule has 0 spiro atoms. The van der Waals surface area contributed by atoms with E-state index in [0.717, 1.165) is 12.5 Å². The summed E-state index contributed by atoms with van der Waals surface area (Å²) in [7, 11) is 3.27. The van der Waals surface area contributed by atoms with Gasteiger partial charge in [0.2, 0.25) is 11.9 Å². The first-order chi connectivity index (χ1) is 8.95. The van der Waals surface area contributed by atoms with Crippen LogP contribution in [0.15, 0.2) is 18.3 Å². The Labute approximate surface area is 112 Å². The van der Waals surface area contributed by atoms with Crippen molar-refractivity contribution in [3.05, 3.63) is 29.8 Å². The normalized spacial score (nSPS) is 10.1. The van der Waals surface area contributed by atoms with Crippen LogP contribution >= 0.6 is 0 Å². The lowest BCUT2D eigenvalue weighted by Crippen LogP contribution is -2.40. The molecule has 1 aromatic heterocycles. The summed E-state index contributed by atoms with van der Waals surface area (Å²) >= 11 is 0. The minimum Gasteiger partial charge on any atom is -0.347 e. The molecule has 0 N–H and O–H groups in total. The van der Waals surface area contributed by atoms with E-state index in [1.54, 1.807) is 14.1 Å². The monoisotopic (exact) mass is 267 g/mol. The van der Waals surface area contributed by atoms with E-state index in [9.17, 15) is 14.0 Å². The zero-order valence-electron chi connectivity index (χ0n) is 11.4. The predicted molar refractivity (Wildman–Crippen MR) is 69.1 cm³/mol. The van der Waals surface area contributed by atoms with Crippen molar-refractivity contribution >= 4 is 11.8 Å². The molecule has 19 heavy (non-hydrogen) atoms. The number of carbonyl (C=O) groups excluding carboxylic acids is 2. The second-order valence-corrected chi connectivity index (χ2v) is 4.38. The van der Waals surface area contributed by atoms with E-state index in [2.05, 4.69) is 4.98 Å². The van der Waals surface area contributed by atoms with Crippen LogP contribution in [0.2, 0.25) is 0 Å². The second-order valence-electron chi connectivity index (χ2n) is 4.38. The Kier molecular flexibility index (Phi) is 5.41. The summed E-state index contributed by atoms with van der Waals surface area (Å²) in [5.41, 5.74) is 0.279. The van der Waals surface area contributed by atoms with Crippen LogP contribution < -0.4 is 0 Å². The minimum absolute atomic E-state index is 0.0110. The summed E-state index contributed by atoms with van der Waals surface area (Å²) in [5.74, 6) is -1.11. The SMILES string of the molecule is CCCN(CC(=O)N(C)C)C(=O)c1ccc(F)nc1. The van der Waals surface area contributed by atoms with E-state index >= 15 is 0 Å². The van der Waals surface area contributed by atoms with Crippen LogP contribution in [0, 0.1) is 5.95 Å². The zero-order chi connectivity index (χ0) is 14.4. The van der Waals surface area contributed by atoms with Gasteiger partial charge in [-0.15, -0.1) is 0 Å². The third kappa shape index (κ3) is 4.31. The number of carbonyl (C=O) groups is 2. The number of halogens is 1. The highest BCUT2D eigenvalue weighted by atomic mass is 19.1. The molecule has 0 bridgehead atoms. The Hall–Kier alpha value is -1.98. The number of amides is 2. The molecule has 1 heterocycles. The van der Waals surface area contributed by atoms with Crippen molar-refractivity contribution < 1.29 is 14.0 Å². The van der Waals surface area contributed by atoms with E-state index in [-0.39, 0.29) is 23.9 Å². The fourth-order valence-corrected chi connectivity index (χ4v) is 1.51. The smallest absolute Gasteiger partial charge is 0.255 e. The van der Waals surface area contributed by atoms with E-state index in [1.165, 1.54) is 22.1 Å². The van der Waals surface area contributed by atoms with Crippen molar-refractivity contribution in [2.45, 2.75) is 13.3 Å². The fraction of sp³-hybridized carbons (Fsp3) is 0.462. The Bertz CT molecular complexity index is 446. The van der Waals surface area contributed by atoms with Crippen LogP contribution in [0.4, 0.5) is 4.39 Å². The number of pyridine rings is 1. The molecule has 0 aliphatic heterocycles. The molecule has 1 rings (SSSR count). The van der Waals surface area contributed by atoms with Crippen LogP contribution in [0.25, 0.3) is 0 Å². The largest absolute Gasteiger partial charge is 0.347 e. The van der Waals surface area contributed by atoms with E-state index in [0.29, 0.717) is 6.54 Å². The van der Waals surface area contributed by atoms with Gasteiger partial charge in [0, 0.05) is 26.8 Å². The number of nitrogens with zero attached hydrogens (tertiary/aromatic N) is 3. The highest BCUT2D eigenvalue weighted by molar-refractivity contribution is 5.96. The van der Waals surface area contributed by atoms with Gasteiger partial charge in [-0.05, 0) is 18.6 Å². The Morgan fingerprint density at radius 3 is 2.47 bits per heavy atom. The number of hydrogen-bond acceptors (Lipinski definition) is 3. The molecule has 0 saturated carbocycles. The average Bonchev–Trinajstić information content (AvgIpc) is 2.38. The molecule has 2 amide bonds. The molecule has 0 saturated heterocycles. The van der Waals surface area contributed by atoms with Crippen molar-refractivity contribution in [1.82, 2.24) is 14.8 Å². The third-order valence-electron chi connectivity index (χ3n) is 2.58. The van der Waals surface area contributed by atoms with Gasteiger partial charge >= 0.3 is 0 Å². The van der Waals surface area contributed by atoms with Crippen molar-refractivity contribution in [3.63, 3.8) is 0 Å². The van der Waals surface area contributed by atoms with Crippen LogP contribution in [0.1, 0.15) is 23.7 Å². The molecule has 0 atom stereocenters. The van der Waals surface area contributed by atoms with Gasteiger partial charge in [0.15, 0.2) is 0 Å². The number of aromatic nitrogens is 1. The van der Waals surface area contributed by atoms with Crippen molar-refractivity contribution in [1.29, 1.82) is 0 Å². The highest BCUT2D eigenvalue weighted by Crippen LogP contribution is 2.06. The lowest BCUT2D eigenvalue weighted by atomic mass is 10.2. The molecule has 0 radical (unpaired) electrons. The molecule has 0 unspecified atom stereocenters. The summed E-state index contributed by atoms with van der Waals surface area (Å²) in [6.07, 6.45) is 1.92. The molecule has 104 valence electrons. The number of rotatable bonds is 5. The Balaban J connectivity index is 2.83. The van der Waals surface area contributed by atoms with Gasteiger partial charge in [-0.1, -0.05) is 6.92 Å². The molecule has 0 aliphatic rings. The van der Waals surface area contributed by atoms with Gasteiger partial charge in [-0.25, -0.2) is 4.98 Å². The molecular weight excluding hydrogens is 249 g/mol. The molecular formula is C13H18FN3O2. The van der Waals surface area contributed by atoms with E-state index in [1.807, 2.05) is 6.92 Å². The number of likely N-dealkylation sites (N-methyl/N-ethyl adjacent to an activating group) is 1. The van der Waals surface area contributed by atoms with E-state index in [4.69, 9.17) is 0 Å². The summed E-state index contributed by atoms with van der Waals surface area (Å²) in [5, 5.41) is 0. The van der Waals surface area contributed by atoms with Crippen LogP contribution in [0.5, 0.6) is 0 Å². The van der Waals surface area contributed by atoms with Crippen molar-refractivity contribution in [3.8, 4) is 0 Å². The van der Waals surface area contributed by atoms with Crippen molar-refractivity contribution in [2.24, 2.45) is 0 Å². The maximum atomic E-state index is 12.7. The van der Waals surface area contributed by atoms with Gasteiger partial charge < -0.3 is 9.80 Å². The minimum atomic E-state index is -0.636. The van der Waals surface area contributed by atoms with Gasteiger partial charge in [-0.2, -0.15) is 4.39 Å². The Morgan fingerprint density at radius 1 is 1.32 bits per heavy atom. The van der Waals surface area contributed by atoms with Crippen molar-refractivity contribution in [2.75, 3.05) is 27.2 Å². The van der Waals surface area contributed by atoms with Gasteiger partial charge in [0.05, 0.1) is 5.56 Å². The van der Waals surface area contributed by atoms with Gasteiger partial charge in [0.1, 0.15) is 6.54 Å². The topological polar surface area (TPSA) is 53.5 Å². The maximum absolute atomic E-state index is 12.7. The molecule has 5 nitrogen and oxygen atoms in total. The first-order valence-electron chi connectivity index (χ1n) is 6.06. The first kappa shape index (κ1) is 15.1. The molecule has 6 heteroatoms. The highest BCUT2D eigenvalue weighted by Gasteiger charge is 2.19. The molecule has 0 aromatic carbocycles. The van der Waals surface area contributed by atoms with Crippen LogP contribution in [-0.4, -0.2) is 53.8 Å². The maximum Gasteiger partial charge on any atom is 0.255 e. The number of hydrogen-bond donors (Lipinski definition) is 0. The summed E-state index contributed by atoms with van der Waals surface area (Å²) in [4.78, 5) is 30.2. The van der Waals surface area contributed by atoms with E-state index < -0.39 is 5.95 Å². The predicted octanol–water partition coefficient (Wildman–Crippen LogP) is 1.16. The quantitative estimate of drug-likeness (QED) is 0.752. The summed E-state index contributed by atoms with van der Waals surface area (Å²) in [6, 6.07) is 2.50. The molecule has 0 aliphatic carbocycles. The first-order valence-corrected chi connectivity index (χ1v) is 6.06. The van der Waals surface area contributed by atoms with Gasteiger partial charge in [0.25, 0.3) is 5.91 Å². The van der Waals surface area contributed by atoms with Gasteiger partial charge in [-0.3, -0.25) is 9.59 Å². The Morgan fingerprint density at radius 2 is 2.00 bits per heavy atom. The summed E-state index contributed by atoms with van der Waals surface area (Å²) < 4.78 is 12.7. The lowest BCUT2D eigenvalue weighted by molar-refractivity contribution is -0.129. The molecule has 1 aromatic rings. The molecule has 0 fully saturated rings. The van der Waals surface area contributed by atoms with Crippen LogP contribution in [0.3, 0.4) is 0 Å².